The van der Waals surface area contributed by atoms with Crippen LogP contribution in [0.15, 0.2) is 35.4 Å². The molecule has 0 radical (unpaired) electrons. The molecular weight excluding hydrogens is 332 g/mol. The van der Waals surface area contributed by atoms with Crippen LogP contribution in [0.2, 0.25) is 5.02 Å². The Bertz CT molecular complexity index is 765. The fraction of sp³-hybridized carbons (Fsp3) is 0.176. The molecule has 0 saturated heterocycles. The van der Waals surface area contributed by atoms with E-state index in [4.69, 9.17) is 21.1 Å². The number of carbonyl (C=O) groups excluding carboxylic acids is 1. The summed E-state index contributed by atoms with van der Waals surface area (Å²) in [5, 5.41) is 14.3. The van der Waals surface area contributed by atoms with E-state index in [2.05, 4.69) is 10.5 Å². The molecule has 7 heteroatoms. The van der Waals surface area contributed by atoms with E-state index in [0.717, 1.165) is 5.56 Å². The number of carbonyl (C=O) groups is 1. The van der Waals surface area contributed by atoms with Crippen LogP contribution in [0.1, 0.15) is 21.5 Å². The predicted molar refractivity (Wildman–Crippen MR) is 92.5 cm³/mol. The standard InChI is InChI=1S/C17H17ClN2O4/c1-10-4-5-12(8-13(10)18)17(22)20-19-9-11-6-14(23-2)16(21)15(7-11)24-3/h4-9,21H,1-3H3,(H,20,22)/b19-9-. The van der Waals surface area contributed by atoms with Crippen LogP contribution >= 0.6 is 11.6 Å². The van der Waals surface area contributed by atoms with Gasteiger partial charge in [0.25, 0.3) is 5.91 Å². The van der Waals surface area contributed by atoms with Crippen molar-refractivity contribution in [2.75, 3.05) is 14.2 Å². The van der Waals surface area contributed by atoms with Crippen molar-refractivity contribution in [2.24, 2.45) is 5.10 Å². The summed E-state index contributed by atoms with van der Waals surface area (Å²) >= 11 is 6.00. The van der Waals surface area contributed by atoms with Gasteiger partial charge in [0.15, 0.2) is 11.5 Å². The van der Waals surface area contributed by atoms with E-state index in [1.54, 1.807) is 30.3 Å². The van der Waals surface area contributed by atoms with E-state index < -0.39 is 0 Å². The van der Waals surface area contributed by atoms with Gasteiger partial charge < -0.3 is 14.6 Å². The van der Waals surface area contributed by atoms with Crippen molar-refractivity contribution in [1.82, 2.24) is 5.43 Å². The number of aromatic hydroxyl groups is 1. The van der Waals surface area contributed by atoms with Crippen LogP contribution in [0, 0.1) is 6.92 Å². The first-order valence-electron chi connectivity index (χ1n) is 7.00. The molecule has 2 aromatic carbocycles. The number of benzene rings is 2. The van der Waals surface area contributed by atoms with Crippen molar-refractivity contribution < 1.29 is 19.4 Å². The number of amides is 1. The van der Waals surface area contributed by atoms with E-state index in [-0.39, 0.29) is 23.2 Å². The lowest BCUT2D eigenvalue weighted by Crippen LogP contribution is -2.17. The molecule has 0 aromatic heterocycles. The van der Waals surface area contributed by atoms with Crippen molar-refractivity contribution >= 4 is 23.7 Å². The molecule has 1 amide bonds. The first kappa shape index (κ1) is 17.6. The van der Waals surface area contributed by atoms with Crippen LogP contribution in [0.25, 0.3) is 0 Å². The number of ether oxygens (including phenoxy) is 2. The van der Waals surface area contributed by atoms with Crippen LogP contribution in [0.3, 0.4) is 0 Å². The first-order chi connectivity index (χ1) is 11.5. The molecule has 0 fully saturated rings. The number of phenolic OH excluding ortho intramolecular Hbond substituents is 1. The molecule has 24 heavy (non-hydrogen) atoms. The Labute approximate surface area is 144 Å². The second-order valence-electron chi connectivity index (χ2n) is 4.94. The molecule has 2 rings (SSSR count). The van der Waals surface area contributed by atoms with Crippen LogP contribution in [0.5, 0.6) is 17.2 Å². The smallest absolute Gasteiger partial charge is 0.271 e. The Kier molecular flexibility index (Phi) is 5.65. The van der Waals surface area contributed by atoms with Gasteiger partial charge in [0.05, 0.1) is 20.4 Å². The van der Waals surface area contributed by atoms with Gasteiger partial charge >= 0.3 is 0 Å². The van der Waals surface area contributed by atoms with E-state index >= 15 is 0 Å². The van der Waals surface area contributed by atoms with Gasteiger partial charge in [-0.15, -0.1) is 0 Å². The van der Waals surface area contributed by atoms with Gasteiger partial charge in [0.2, 0.25) is 5.75 Å². The summed E-state index contributed by atoms with van der Waals surface area (Å²) < 4.78 is 10.1. The zero-order chi connectivity index (χ0) is 17.7. The number of aryl methyl sites for hydroxylation is 1. The van der Waals surface area contributed by atoms with Crippen molar-refractivity contribution in [2.45, 2.75) is 6.92 Å². The van der Waals surface area contributed by atoms with Crippen LogP contribution in [-0.2, 0) is 0 Å². The van der Waals surface area contributed by atoms with E-state index in [9.17, 15) is 9.90 Å². The van der Waals surface area contributed by atoms with E-state index in [0.29, 0.717) is 16.1 Å². The zero-order valence-corrected chi connectivity index (χ0v) is 14.2. The molecule has 2 N–H and O–H groups in total. The number of hydrogen-bond donors (Lipinski definition) is 2. The van der Waals surface area contributed by atoms with Crippen molar-refractivity contribution in [1.29, 1.82) is 0 Å². The topological polar surface area (TPSA) is 80.2 Å². The SMILES string of the molecule is COc1cc(/C=N\NC(=O)c2ccc(C)c(Cl)c2)cc(OC)c1O. The molecule has 0 aliphatic carbocycles. The molecule has 126 valence electrons. The summed E-state index contributed by atoms with van der Waals surface area (Å²) in [7, 11) is 2.86. The Balaban J connectivity index is 2.13. The molecule has 0 heterocycles. The van der Waals surface area contributed by atoms with Gasteiger partial charge in [-0.25, -0.2) is 5.43 Å². The Morgan fingerprint density at radius 1 is 1.21 bits per heavy atom. The molecule has 0 spiro atoms. The molecule has 0 aliphatic heterocycles. The molecule has 2 aromatic rings. The van der Waals surface area contributed by atoms with Gasteiger partial charge in [-0.05, 0) is 36.8 Å². The summed E-state index contributed by atoms with van der Waals surface area (Å²) in [6.45, 7) is 1.85. The quantitative estimate of drug-likeness (QED) is 0.642. The van der Waals surface area contributed by atoms with Gasteiger partial charge in [-0.2, -0.15) is 5.10 Å². The van der Waals surface area contributed by atoms with Gasteiger partial charge in [-0.3, -0.25) is 4.79 Å². The normalized spacial score (nSPS) is 10.7. The molecule has 0 saturated carbocycles. The largest absolute Gasteiger partial charge is 0.502 e. The summed E-state index contributed by atoms with van der Waals surface area (Å²) in [6.07, 6.45) is 1.41. The number of methoxy groups -OCH3 is 2. The number of hydrazone groups is 1. The lowest BCUT2D eigenvalue weighted by molar-refractivity contribution is 0.0955. The Morgan fingerprint density at radius 2 is 1.83 bits per heavy atom. The lowest BCUT2D eigenvalue weighted by atomic mass is 10.1. The fourth-order valence-corrected chi connectivity index (χ4v) is 2.13. The summed E-state index contributed by atoms with van der Waals surface area (Å²) in [5.74, 6) is 0.00114. The number of hydrogen-bond acceptors (Lipinski definition) is 5. The molecule has 0 aliphatic rings. The number of rotatable bonds is 5. The fourth-order valence-electron chi connectivity index (χ4n) is 1.95. The average Bonchev–Trinajstić information content (AvgIpc) is 2.58. The van der Waals surface area contributed by atoms with E-state index in [1.807, 2.05) is 6.92 Å². The number of nitrogens with one attached hydrogen (secondary N) is 1. The molecule has 6 nitrogen and oxygen atoms in total. The van der Waals surface area contributed by atoms with Crippen LogP contribution in [-0.4, -0.2) is 31.4 Å². The predicted octanol–water partition coefficient (Wildman–Crippen LogP) is 3.14. The third kappa shape index (κ3) is 3.97. The van der Waals surface area contributed by atoms with Crippen molar-refractivity contribution in [3.8, 4) is 17.2 Å². The minimum Gasteiger partial charge on any atom is -0.502 e. The number of halogens is 1. The maximum Gasteiger partial charge on any atom is 0.271 e. The minimum atomic E-state index is -0.383. The second kappa shape index (κ2) is 7.70. The van der Waals surface area contributed by atoms with Gasteiger partial charge in [-0.1, -0.05) is 17.7 Å². The lowest BCUT2D eigenvalue weighted by Gasteiger charge is -2.09. The number of nitrogens with zero attached hydrogens (tertiary/aromatic N) is 1. The number of phenols is 1. The highest BCUT2D eigenvalue weighted by molar-refractivity contribution is 6.31. The highest BCUT2D eigenvalue weighted by Crippen LogP contribution is 2.36. The monoisotopic (exact) mass is 348 g/mol. The second-order valence-corrected chi connectivity index (χ2v) is 5.34. The summed E-state index contributed by atoms with van der Waals surface area (Å²) in [4.78, 5) is 12.0. The maximum absolute atomic E-state index is 12.0. The maximum atomic E-state index is 12.0. The minimum absolute atomic E-state index is 0.101. The van der Waals surface area contributed by atoms with Crippen LogP contribution in [0.4, 0.5) is 0 Å². The van der Waals surface area contributed by atoms with Crippen LogP contribution < -0.4 is 14.9 Å². The molecule has 0 atom stereocenters. The zero-order valence-electron chi connectivity index (χ0n) is 13.5. The summed E-state index contributed by atoms with van der Waals surface area (Å²) in [5.41, 5.74) is 4.29. The third-order valence-corrected chi connectivity index (χ3v) is 3.72. The molecular formula is C17H17ClN2O4. The molecule has 0 unspecified atom stereocenters. The third-order valence-electron chi connectivity index (χ3n) is 3.32. The Morgan fingerprint density at radius 3 is 2.38 bits per heavy atom. The highest BCUT2D eigenvalue weighted by Gasteiger charge is 2.10. The summed E-state index contributed by atoms with van der Waals surface area (Å²) in [6, 6.07) is 8.14. The van der Waals surface area contributed by atoms with Crippen molar-refractivity contribution in [3.63, 3.8) is 0 Å². The van der Waals surface area contributed by atoms with Gasteiger partial charge in [0, 0.05) is 16.1 Å². The first-order valence-corrected chi connectivity index (χ1v) is 7.38. The highest BCUT2D eigenvalue weighted by atomic mass is 35.5. The molecule has 0 bridgehead atoms. The van der Waals surface area contributed by atoms with E-state index in [1.165, 1.54) is 20.4 Å². The Hall–Kier alpha value is -2.73. The average molecular weight is 349 g/mol. The van der Waals surface area contributed by atoms with Gasteiger partial charge in [0.1, 0.15) is 0 Å². The van der Waals surface area contributed by atoms with Crippen molar-refractivity contribution in [3.05, 3.63) is 52.0 Å².